The molecule has 0 aliphatic heterocycles. The van der Waals surface area contributed by atoms with Crippen molar-refractivity contribution in [1.29, 1.82) is 0 Å². The highest BCUT2D eigenvalue weighted by atomic mass is 16.1. The number of hydrogen-bond donors (Lipinski definition) is 3. The summed E-state index contributed by atoms with van der Waals surface area (Å²) in [6, 6.07) is 12.7. The molecule has 2 aromatic rings. The second kappa shape index (κ2) is 6.89. The van der Waals surface area contributed by atoms with E-state index in [1.54, 1.807) is 18.1 Å². The molecule has 0 spiro atoms. The maximum absolute atomic E-state index is 9.89. The van der Waals surface area contributed by atoms with Crippen LogP contribution in [0.2, 0.25) is 0 Å². The van der Waals surface area contributed by atoms with Crippen LogP contribution in [0.3, 0.4) is 0 Å². The Hall–Kier alpha value is -2.71. The Labute approximate surface area is 112 Å². The van der Waals surface area contributed by atoms with Gasteiger partial charge in [-0.15, -0.1) is 0 Å². The van der Waals surface area contributed by atoms with Gasteiger partial charge in [0, 0.05) is 28.7 Å². The van der Waals surface area contributed by atoms with Gasteiger partial charge in [-0.3, -0.25) is 0 Å². The molecule has 2 aromatic carbocycles. The average molecular weight is 255 g/mol. The topological polar surface area (TPSA) is 95.1 Å². The van der Waals surface area contributed by atoms with Gasteiger partial charge in [0.25, 0.3) is 0 Å². The van der Waals surface area contributed by atoms with E-state index in [2.05, 4.69) is 0 Å². The predicted molar refractivity (Wildman–Crippen MR) is 81.0 cm³/mol. The molecule has 4 heteroatoms. The van der Waals surface area contributed by atoms with Gasteiger partial charge < -0.3 is 17.2 Å². The predicted octanol–water partition coefficient (Wildman–Crippen LogP) is 2.27. The van der Waals surface area contributed by atoms with Crippen LogP contribution in [0.15, 0.2) is 42.5 Å². The quantitative estimate of drug-likeness (QED) is 0.538. The Bertz CT molecular complexity index is 582. The molecule has 0 aliphatic rings. The van der Waals surface area contributed by atoms with Crippen molar-refractivity contribution >= 4 is 29.1 Å². The van der Waals surface area contributed by atoms with Gasteiger partial charge in [-0.1, -0.05) is 24.3 Å². The number of anilines is 3. The summed E-state index contributed by atoms with van der Waals surface area (Å²) in [6.45, 7) is 1.91. The van der Waals surface area contributed by atoms with E-state index in [0.29, 0.717) is 5.69 Å². The van der Waals surface area contributed by atoms with Gasteiger partial charge >= 0.3 is 0 Å². The monoisotopic (exact) mass is 255 g/mol. The first-order chi connectivity index (χ1) is 9.06. The highest BCUT2D eigenvalue weighted by Gasteiger charge is 1.93. The van der Waals surface area contributed by atoms with Crippen LogP contribution in [0.4, 0.5) is 17.1 Å². The van der Waals surface area contributed by atoms with Crippen LogP contribution >= 0.6 is 0 Å². The molecule has 0 unspecified atom stereocenters. The summed E-state index contributed by atoms with van der Waals surface area (Å²) in [5.74, 6) is 1.67. The zero-order chi connectivity index (χ0) is 14.3. The first-order valence-electron chi connectivity index (χ1n) is 5.72. The third-order valence-corrected chi connectivity index (χ3v) is 2.63. The number of benzene rings is 2. The lowest BCUT2D eigenvalue weighted by Gasteiger charge is -2.00. The Morgan fingerprint density at radius 2 is 1.42 bits per heavy atom. The van der Waals surface area contributed by atoms with E-state index in [-0.39, 0.29) is 0 Å². The zero-order valence-corrected chi connectivity index (χ0v) is 10.8. The Morgan fingerprint density at radius 1 is 0.895 bits per heavy atom. The van der Waals surface area contributed by atoms with E-state index >= 15 is 0 Å². The smallest absolute Gasteiger partial charge is 0.125 e. The van der Waals surface area contributed by atoms with Crippen LogP contribution in [0.1, 0.15) is 11.1 Å². The number of rotatable bonds is 1. The van der Waals surface area contributed by atoms with Crippen molar-refractivity contribution in [2.45, 2.75) is 6.92 Å². The molecule has 0 bridgehead atoms. The fraction of sp³-hybridized carbons (Fsp3) is 0.0667. The fourth-order valence-corrected chi connectivity index (χ4v) is 1.38. The second-order valence-corrected chi connectivity index (χ2v) is 3.95. The minimum Gasteiger partial charge on any atom is -0.398 e. The molecule has 0 aromatic heterocycles. The molecule has 98 valence electrons. The van der Waals surface area contributed by atoms with Crippen molar-refractivity contribution in [1.82, 2.24) is 0 Å². The third kappa shape index (κ3) is 4.22. The van der Waals surface area contributed by atoms with E-state index < -0.39 is 0 Å². The van der Waals surface area contributed by atoms with Crippen molar-refractivity contribution in [2.24, 2.45) is 0 Å². The van der Waals surface area contributed by atoms with Crippen molar-refractivity contribution in [3.8, 4) is 0 Å². The summed E-state index contributed by atoms with van der Waals surface area (Å²) in [6.07, 6.45) is 1.31. The average Bonchev–Trinajstić information content (AvgIpc) is 2.40. The molecule has 0 aliphatic carbocycles. The van der Waals surface area contributed by atoms with E-state index in [9.17, 15) is 4.79 Å². The van der Waals surface area contributed by atoms with Crippen LogP contribution in [0, 0.1) is 6.92 Å². The SMILES string of the molecule is Cc1c(N)cccc1N.Nc1ccccc1C=C=O. The van der Waals surface area contributed by atoms with Gasteiger partial charge in [0.15, 0.2) is 0 Å². The van der Waals surface area contributed by atoms with Gasteiger partial charge in [0.2, 0.25) is 0 Å². The molecule has 0 heterocycles. The first kappa shape index (κ1) is 14.4. The lowest BCUT2D eigenvalue weighted by atomic mass is 10.2. The molecule has 0 amide bonds. The van der Waals surface area contributed by atoms with Gasteiger partial charge in [-0.2, -0.15) is 0 Å². The van der Waals surface area contributed by atoms with E-state index in [4.69, 9.17) is 17.2 Å². The molecule has 4 nitrogen and oxygen atoms in total. The molecule has 6 N–H and O–H groups in total. The summed E-state index contributed by atoms with van der Waals surface area (Å²) in [4.78, 5) is 9.89. The summed E-state index contributed by atoms with van der Waals surface area (Å²) in [5.41, 5.74) is 20.4. The van der Waals surface area contributed by atoms with Gasteiger partial charge in [0.1, 0.15) is 5.94 Å². The Balaban J connectivity index is 0.000000191. The maximum Gasteiger partial charge on any atom is 0.125 e. The van der Waals surface area contributed by atoms with Crippen LogP contribution in [-0.2, 0) is 4.79 Å². The molecule has 0 radical (unpaired) electrons. The lowest BCUT2D eigenvalue weighted by Crippen LogP contribution is -1.94. The van der Waals surface area contributed by atoms with Gasteiger partial charge in [-0.05, 0) is 30.7 Å². The standard InChI is InChI=1S/C8H7NO.C7H10N2/c9-8-4-2-1-3-7(8)5-6-10;1-5-6(8)3-2-4-7(5)9/h1-5H,9H2;2-4H,8-9H2,1H3. The largest absolute Gasteiger partial charge is 0.398 e. The molecule has 19 heavy (non-hydrogen) atoms. The lowest BCUT2D eigenvalue weighted by molar-refractivity contribution is 0.570. The van der Waals surface area contributed by atoms with E-state index in [1.165, 1.54) is 6.08 Å². The summed E-state index contributed by atoms with van der Waals surface area (Å²) >= 11 is 0. The Morgan fingerprint density at radius 3 is 1.89 bits per heavy atom. The fourth-order valence-electron chi connectivity index (χ4n) is 1.38. The highest BCUT2D eigenvalue weighted by Crippen LogP contribution is 2.16. The number of nitrogen functional groups attached to an aromatic ring is 3. The number of carbonyl (C=O) groups excluding carboxylic acids is 1. The van der Waals surface area contributed by atoms with Crippen molar-refractivity contribution < 1.29 is 4.79 Å². The van der Waals surface area contributed by atoms with E-state index in [1.807, 2.05) is 37.3 Å². The van der Waals surface area contributed by atoms with Crippen molar-refractivity contribution in [2.75, 3.05) is 17.2 Å². The maximum atomic E-state index is 9.89. The summed E-state index contributed by atoms with van der Waals surface area (Å²) in [5, 5.41) is 0. The minimum absolute atomic E-state index is 0.603. The van der Waals surface area contributed by atoms with Gasteiger partial charge in [0.05, 0.1) is 0 Å². The minimum atomic E-state index is 0.603. The van der Waals surface area contributed by atoms with E-state index in [0.717, 1.165) is 22.5 Å². The molecule has 0 saturated carbocycles. The Kier molecular flexibility index (Phi) is 5.20. The molecule has 0 saturated heterocycles. The van der Waals surface area contributed by atoms with Crippen molar-refractivity contribution in [3.63, 3.8) is 0 Å². The molecular weight excluding hydrogens is 238 g/mol. The molecule has 0 atom stereocenters. The normalized spacial score (nSPS) is 8.89. The molecular formula is C15H17N3O. The van der Waals surface area contributed by atoms with Crippen LogP contribution < -0.4 is 17.2 Å². The molecule has 0 fully saturated rings. The van der Waals surface area contributed by atoms with Crippen molar-refractivity contribution in [3.05, 3.63) is 53.6 Å². The van der Waals surface area contributed by atoms with Crippen LogP contribution in [0.25, 0.3) is 6.08 Å². The number of hydrogen-bond acceptors (Lipinski definition) is 4. The second-order valence-electron chi connectivity index (χ2n) is 3.95. The highest BCUT2D eigenvalue weighted by molar-refractivity contribution is 5.79. The number of nitrogens with two attached hydrogens (primary N) is 3. The summed E-state index contributed by atoms with van der Waals surface area (Å²) in [7, 11) is 0. The first-order valence-corrected chi connectivity index (χ1v) is 5.72. The third-order valence-electron chi connectivity index (χ3n) is 2.63. The number of para-hydroxylation sites is 1. The molecule has 2 rings (SSSR count). The van der Waals surface area contributed by atoms with Crippen LogP contribution in [-0.4, -0.2) is 5.94 Å². The van der Waals surface area contributed by atoms with Gasteiger partial charge in [-0.25, -0.2) is 4.79 Å². The zero-order valence-electron chi connectivity index (χ0n) is 10.8. The van der Waals surface area contributed by atoms with Crippen LogP contribution in [0.5, 0.6) is 0 Å². The summed E-state index contributed by atoms with van der Waals surface area (Å²) < 4.78 is 0.